The lowest BCUT2D eigenvalue weighted by molar-refractivity contribution is 0.350. The number of rotatable bonds is 7. The topological polar surface area (TPSA) is 29.9 Å². The summed E-state index contributed by atoms with van der Waals surface area (Å²) in [5.74, 6) is 0.785. The maximum Gasteiger partial charge on any atom is 0.0951 e. The van der Waals surface area contributed by atoms with E-state index >= 15 is 0 Å². The van der Waals surface area contributed by atoms with Gasteiger partial charge in [-0.15, -0.1) is 0 Å². The fourth-order valence-electron chi connectivity index (χ4n) is 2.58. The van der Waals surface area contributed by atoms with Crippen LogP contribution in [0.3, 0.4) is 0 Å². The Morgan fingerprint density at radius 2 is 2.12 bits per heavy atom. The molecule has 1 saturated carbocycles. The molecule has 96 valence electrons. The number of nitrogens with one attached hydrogen (secondary N) is 1. The van der Waals surface area contributed by atoms with E-state index in [0.29, 0.717) is 6.04 Å². The van der Waals surface area contributed by atoms with E-state index in [1.54, 1.807) is 0 Å². The van der Waals surface area contributed by atoms with Gasteiger partial charge in [0.25, 0.3) is 0 Å². The highest BCUT2D eigenvalue weighted by Crippen LogP contribution is 2.35. The van der Waals surface area contributed by atoms with Crippen molar-refractivity contribution in [1.29, 1.82) is 0 Å². The van der Waals surface area contributed by atoms with E-state index in [1.165, 1.54) is 31.4 Å². The van der Waals surface area contributed by atoms with Gasteiger partial charge in [-0.05, 0) is 25.7 Å². The lowest BCUT2D eigenvalue weighted by Gasteiger charge is -2.22. The first-order valence-corrected chi connectivity index (χ1v) is 7.00. The largest absolute Gasteiger partial charge is 0.330 e. The van der Waals surface area contributed by atoms with E-state index in [-0.39, 0.29) is 0 Å². The van der Waals surface area contributed by atoms with Crippen LogP contribution in [-0.4, -0.2) is 15.6 Å². The Morgan fingerprint density at radius 3 is 2.71 bits per heavy atom. The summed E-state index contributed by atoms with van der Waals surface area (Å²) in [5, 5.41) is 3.65. The summed E-state index contributed by atoms with van der Waals surface area (Å²) >= 11 is 0. The molecule has 1 aliphatic carbocycles. The van der Waals surface area contributed by atoms with Crippen LogP contribution in [0.15, 0.2) is 12.5 Å². The van der Waals surface area contributed by atoms with Crippen LogP contribution in [0, 0.1) is 5.92 Å². The minimum atomic E-state index is 0.590. The second-order valence-corrected chi connectivity index (χ2v) is 5.27. The summed E-state index contributed by atoms with van der Waals surface area (Å²) in [6, 6.07) is 1.32. The maximum atomic E-state index is 4.27. The fourth-order valence-corrected chi connectivity index (χ4v) is 2.58. The van der Waals surface area contributed by atoms with Crippen molar-refractivity contribution < 1.29 is 0 Å². The lowest BCUT2D eigenvalue weighted by atomic mass is 9.95. The van der Waals surface area contributed by atoms with Crippen molar-refractivity contribution in [2.45, 2.75) is 65.1 Å². The van der Waals surface area contributed by atoms with Crippen molar-refractivity contribution >= 4 is 0 Å². The Hall–Kier alpha value is -0.830. The van der Waals surface area contributed by atoms with E-state index in [9.17, 15) is 0 Å². The molecule has 1 N–H and O–H groups in total. The number of hydrogen-bond donors (Lipinski definition) is 1. The normalized spacial score (nSPS) is 17.6. The Labute approximate surface area is 105 Å². The lowest BCUT2D eigenvalue weighted by Crippen LogP contribution is -2.33. The van der Waals surface area contributed by atoms with Crippen molar-refractivity contribution in [1.82, 2.24) is 14.9 Å². The molecular weight excluding hydrogens is 210 g/mol. The molecule has 17 heavy (non-hydrogen) atoms. The molecule has 0 spiro atoms. The zero-order chi connectivity index (χ0) is 12.3. The molecule has 1 atom stereocenters. The predicted octanol–water partition coefficient (Wildman–Crippen LogP) is 3.13. The van der Waals surface area contributed by atoms with Gasteiger partial charge in [0.05, 0.1) is 12.0 Å². The number of imidazole rings is 1. The van der Waals surface area contributed by atoms with Gasteiger partial charge in [0, 0.05) is 24.8 Å². The van der Waals surface area contributed by atoms with Crippen LogP contribution in [0.25, 0.3) is 0 Å². The number of nitrogens with zero attached hydrogens (tertiary/aromatic N) is 2. The van der Waals surface area contributed by atoms with Crippen LogP contribution < -0.4 is 5.32 Å². The highest BCUT2D eigenvalue weighted by molar-refractivity contribution is 5.03. The monoisotopic (exact) mass is 235 g/mol. The number of hydrogen-bond acceptors (Lipinski definition) is 2. The highest BCUT2D eigenvalue weighted by atomic mass is 15.1. The fraction of sp³-hybridized carbons (Fsp3) is 0.786. The Balaban J connectivity index is 1.86. The average Bonchev–Trinajstić information content (AvgIpc) is 3.07. The standard InChI is InChI=1S/C14H25N3/c1-4-12(5-2)11(3)16-9-14-8-15-10-17(14)13-6-7-13/h8,10-13,16H,4-7,9H2,1-3H3. The van der Waals surface area contributed by atoms with Crippen molar-refractivity contribution in [2.75, 3.05) is 0 Å². The molecule has 0 saturated heterocycles. The third-order valence-electron chi connectivity index (χ3n) is 4.05. The van der Waals surface area contributed by atoms with Crippen LogP contribution in [0.5, 0.6) is 0 Å². The second-order valence-electron chi connectivity index (χ2n) is 5.27. The van der Waals surface area contributed by atoms with Gasteiger partial charge >= 0.3 is 0 Å². The van der Waals surface area contributed by atoms with Crippen molar-refractivity contribution in [3.8, 4) is 0 Å². The molecule has 0 aromatic carbocycles. The summed E-state index contributed by atoms with van der Waals surface area (Å²) in [6.07, 6.45) is 9.15. The summed E-state index contributed by atoms with van der Waals surface area (Å²) in [6.45, 7) is 7.81. The van der Waals surface area contributed by atoms with Crippen LogP contribution in [0.2, 0.25) is 0 Å². The molecule has 0 radical (unpaired) electrons. The molecule has 3 nitrogen and oxygen atoms in total. The molecule has 1 fully saturated rings. The minimum absolute atomic E-state index is 0.590. The molecule has 1 heterocycles. The SMILES string of the molecule is CCC(CC)C(C)NCc1cncn1C1CC1. The Morgan fingerprint density at radius 1 is 1.41 bits per heavy atom. The first-order valence-electron chi connectivity index (χ1n) is 7.00. The van der Waals surface area contributed by atoms with Gasteiger partial charge in [0.15, 0.2) is 0 Å². The molecule has 2 rings (SSSR count). The average molecular weight is 235 g/mol. The van der Waals surface area contributed by atoms with Gasteiger partial charge < -0.3 is 9.88 Å². The summed E-state index contributed by atoms with van der Waals surface area (Å²) in [4.78, 5) is 4.27. The molecule has 3 heteroatoms. The third kappa shape index (κ3) is 3.09. The van der Waals surface area contributed by atoms with Gasteiger partial charge in [0.1, 0.15) is 0 Å². The molecule has 0 aliphatic heterocycles. The molecule has 1 aromatic heterocycles. The second kappa shape index (κ2) is 5.67. The molecular formula is C14H25N3. The van der Waals surface area contributed by atoms with Crippen molar-refractivity contribution in [3.05, 3.63) is 18.2 Å². The van der Waals surface area contributed by atoms with Crippen LogP contribution >= 0.6 is 0 Å². The first-order chi connectivity index (χ1) is 8.26. The van der Waals surface area contributed by atoms with Gasteiger partial charge in [-0.1, -0.05) is 26.7 Å². The smallest absolute Gasteiger partial charge is 0.0951 e. The molecule has 1 aromatic rings. The van der Waals surface area contributed by atoms with Crippen molar-refractivity contribution in [3.63, 3.8) is 0 Å². The van der Waals surface area contributed by atoms with Gasteiger partial charge in [-0.25, -0.2) is 4.98 Å². The van der Waals surface area contributed by atoms with Gasteiger partial charge in [-0.3, -0.25) is 0 Å². The van der Waals surface area contributed by atoms with E-state index in [4.69, 9.17) is 0 Å². The summed E-state index contributed by atoms with van der Waals surface area (Å²) in [5.41, 5.74) is 1.34. The minimum Gasteiger partial charge on any atom is -0.330 e. The van der Waals surface area contributed by atoms with E-state index in [1.807, 2.05) is 12.5 Å². The van der Waals surface area contributed by atoms with Crippen LogP contribution in [0.1, 0.15) is 58.2 Å². The number of aromatic nitrogens is 2. The van der Waals surface area contributed by atoms with Crippen LogP contribution in [-0.2, 0) is 6.54 Å². The Bertz CT molecular complexity index is 337. The predicted molar refractivity (Wildman–Crippen MR) is 70.9 cm³/mol. The van der Waals surface area contributed by atoms with Crippen LogP contribution in [0.4, 0.5) is 0 Å². The quantitative estimate of drug-likeness (QED) is 0.787. The Kier molecular flexibility index (Phi) is 4.21. The van der Waals surface area contributed by atoms with E-state index < -0.39 is 0 Å². The zero-order valence-corrected chi connectivity index (χ0v) is 11.3. The van der Waals surface area contributed by atoms with Crippen molar-refractivity contribution in [2.24, 2.45) is 5.92 Å². The third-order valence-corrected chi connectivity index (χ3v) is 4.05. The first kappa shape index (κ1) is 12.6. The van der Waals surface area contributed by atoms with Gasteiger partial charge in [0.2, 0.25) is 0 Å². The van der Waals surface area contributed by atoms with E-state index in [0.717, 1.165) is 18.5 Å². The summed E-state index contributed by atoms with van der Waals surface area (Å²) in [7, 11) is 0. The molecule has 1 aliphatic rings. The molecule has 1 unspecified atom stereocenters. The van der Waals surface area contributed by atoms with Gasteiger partial charge in [-0.2, -0.15) is 0 Å². The molecule has 0 bridgehead atoms. The zero-order valence-electron chi connectivity index (χ0n) is 11.3. The highest BCUT2D eigenvalue weighted by Gasteiger charge is 2.25. The maximum absolute atomic E-state index is 4.27. The summed E-state index contributed by atoms with van der Waals surface area (Å²) < 4.78 is 2.34. The molecule has 0 amide bonds. The van der Waals surface area contributed by atoms with E-state index in [2.05, 4.69) is 35.6 Å².